The van der Waals surface area contributed by atoms with Gasteiger partial charge in [0.15, 0.2) is 0 Å². The van der Waals surface area contributed by atoms with E-state index in [1.807, 2.05) is 5.01 Å². The van der Waals surface area contributed by atoms with Crippen molar-refractivity contribution in [3.63, 3.8) is 0 Å². The summed E-state index contributed by atoms with van der Waals surface area (Å²) in [6.07, 6.45) is -0.130. The first-order chi connectivity index (χ1) is 8.02. The molecule has 1 fully saturated rings. The summed E-state index contributed by atoms with van der Waals surface area (Å²) >= 11 is 0. The molecule has 2 heterocycles. The van der Waals surface area contributed by atoms with E-state index in [4.69, 9.17) is 0 Å². The van der Waals surface area contributed by atoms with E-state index >= 15 is 0 Å². The molecule has 1 aliphatic heterocycles. The third-order valence-electron chi connectivity index (χ3n) is 3.01. The molecule has 0 aliphatic carbocycles. The molecule has 94 valence electrons. The molecular weight excluding hydrogens is 231 g/mol. The predicted octanol–water partition coefficient (Wildman–Crippen LogP) is 2.37. The molecule has 1 aromatic rings. The van der Waals surface area contributed by atoms with Gasteiger partial charge >= 0.3 is 6.18 Å². The number of nitrogens with zero attached hydrogens (tertiary/aromatic N) is 2. The first kappa shape index (κ1) is 12.3. The highest BCUT2D eigenvalue weighted by atomic mass is 19.4. The molecular formula is C11H14F3N3. The summed E-state index contributed by atoms with van der Waals surface area (Å²) in [5.74, 6) is 0. The van der Waals surface area contributed by atoms with E-state index in [0.717, 1.165) is 25.6 Å². The lowest BCUT2D eigenvalue weighted by atomic mass is 10.1. The van der Waals surface area contributed by atoms with Crippen molar-refractivity contribution in [2.45, 2.75) is 25.1 Å². The Morgan fingerprint density at radius 2 is 2.18 bits per heavy atom. The molecule has 0 spiro atoms. The molecule has 0 aromatic carbocycles. The van der Waals surface area contributed by atoms with Gasteiger partial charge in [-0.25, -0.2) is 5.01 Å². The van der Waals surface area contributed by atoms with Gasteiger partial charge in [-0.15, -0.1) is 0 Å². The molecule has 1 aromatic heterocycles. The highest BCUT2D eigenvalue weighted by molar-refractivity contribution is 5.24. The molecule has 17 heavy (non-hydrogen) atoms. The molecule has 0 radical (unpaired) electrons. The zero-order chi connectivity index (χ0) is 12.5. The van der Waals surface area contributed by atoms with Gasteiger partial charge in [-0.2, -0.15) is 13.2 Å². The van der Waals surface area contributed by atoms with E-state index < -0.39 is 11.7 Å². The van der Waals surface area contributed by atoms with Crippen LogP contribution < -0.4 is 5.43 Å². The van der Waals surface area contributed by atoms with Crippen molar-refractivity contribution in [1.82, 2.24) is 15.4 Å². The predicted molar refractivity (Wildman–Crippen MR) is 57.0 cm³/mol. The van der Waals surface area contributed by atoms with Gasteiger partial charge in [0, 0.05) is 18.9 Å². The van der Waals surface area contributed by atoms with Crippen LogP contribution in [-0.2, 0) is 6.18 Å². The van der Waals surface area contributed by atoms with Crippen LogP contribution in [0.25, 0.3) is 0 Å². The minimum absolute atomic E-state index is 0.0187. The van der Waals surface area contributed by atoms with Crippen molar-refractivity contribution in [2.24, 2.45) is 0 Å². The Bertz CT molecular complexity index is 392. The summed E-state index contributed by atoms with van der Waals surface area (Å²) in [6.45, 7) is 0.845. The summed E-state index contributed by atoms with van der Waals surface area (Å²) < 4.78 is 37.7. The van der Waals surface area contributed by atoms with Gasteiger partial charge < -0.3 is 0 Å². The number of alkyl halides is 3. The van der Waals surface area contributed by atoms with Gasteiger partial charge in [-0.3, -0.25) is 10.4 Å². The lowest BCUT2D eigenvalue weighted by molar-refractivity contribution is -0.137. The largest absolute Gasteiger partial charge is 0.417 e. The van der Waals surface area contributed by atoms with E-state index in [9.17, 15) is 13.2 Å². The number of pyridine rings is 1. The normalized spacial score (nSPS) is 22.0. The second-order valence-electron chi connectivity index (χ2n) is 4.08. The van der Waals surface area contributed by atoms with E-state index in [2.05, 4.69) is 10.4 Å². The Morgan fingerprint density at radius 1 is 1.41 bits per heavy atom. The molecule has 2 rings (SSSR count). The highest BCUT2D eigenvalue weighted by Gasteiger charge is 2.33. The van der Waals surface area contributed by atoms with Crippen molar-refractivity contribution in [1.29, 1.82) is 0 Å². The molecule has 0 amide bonds. The number of hydrogen-bond donors (Lipinski definition) is 1. The average molecular weight is 245 g/mol. The molecule has 6 heteroatoms. The van der Waals surface area contributed by atoms with Gasteiger partial charge in [0.1, 0.15) is 0 Å². The number of hydrazine groups is 1. The van der Waals surface area contributed by atoms with E-state index in [-0.39, 0.29) is 6.04 Å². The van der Waals surface area contributed by atoms with Gasteiger partial charge in [0.2, 0.25) is 0 Å². The maximum Gasteiger partial charge on any atom is 0.417 e. The Balaban J connectivity index is 2.27. The number of aromatic nitrogens is 1. The number of nitrogens with one attached hydrogen (secondary N) is 1. The van der Waals surface area contributed by atoms with Crippen molar-refractivity contribution < 1.29 is 13.2 Å². The van der Waals surface area contributed by atoms with Crippen molar-refractivity contribution >= 4 is 0 Å². The van der Waals surface area contributed by atoms with Crippen LogP contribution in [0.2, 0.25) is 0 Å². The first-order valence-electron chi connectivity index (χ1n) is 5.48. The van der Waals surface area contributed by atoms with Gasteiger partial charge in [-0.1, -0.05) is 0 Å². The minimum Gasteiger partial charge on any atom is -0.264 e. The fourth-order valence-electron chi connectivity index (χ4n) is 2.18. The van der Waals surface area contributed by atoms with Crippen LogP contribution in [0.1, 0.15) is 30.0 Å². The quantitative estimate of drug-likeness (QED) is 0.867. The lowest BCUT2D eigenvalue weighted by Gasteiger charge is -2.23. The summed E-state index contributed by atoms with van der Waals surface area (Å²) in [6, 6.07) is 1.17. The monoisotopic (exact) mass is 245 g/mol. The molecule has 0 unspecified atom stereocenters. The van der Waals surface area contributed by atoms with Crippen LogP contribution in [0.4, 0.5) is 13.2 Å². The van der Waals surface area contributed by atoms with Crippen LogP contribution in [0.5, 0.6) is 0 Å². The Kier molecular flexibility index (Phi) is 3.35. The molecule has 1 saturated heterocycles. The standard InChI is InChI=1S/C11H14F3N3/c1-15-17-4-2-3-10(17)8-5-9(7-16-6-8)11(12,13)14/h5-7,10,15H,2-4H2,1H3/t10-/m0/s1. The van der Waals surface area contributed by atoms with Crippen LogP contribution in [0.15, 0.2) is 18.5 Å². The van der Waals surface area contributed by atoms with Crippen LogP contribution >= 0.6 is 0 Å². The van der Waals surface area contributed by atoms with Gasteiger partial charge in [0.05, 0.1) is 11.6 Å². The third kappa shape index (κ3) is 2.58. The second kappa shape index (κ2) is 4.62. The average Bonchev–Trinajstić information content (AvgIpc) is 2.76. The van der Waals surface area contributed by atoms with Crippen molar-refractivity contribution in [2.75, 3.05) is 13.6 Å². The van der Waals surface area contributed by atoms with E-state index in [1.165, 1.54) is 12.3 Å². The molecule has 1 N–H and O–H groups in total. The third-order valence-corrected chi connectivity index (χ3v) is 3.01. The Labute approximate surface area is 97.6 Å². The van der Waals surface area contributed by atoms with E-state index in [0.29, 0.717) is 5.56 Å². The zero-order valence-corrected chi connectivity index (χ0v) is 9.46. The summed E-state index contributed by atoms with van der Waals surface area (Å²) in [5, 5.41) is 1.94. The molecule has 3 nitrogen and oxygen atoms in total. The summed E-state index contributed by atoms with van der Waals surface area (Å²) in [4.78, 5) is 3.69. The first-order valence-corrected chi connectivity index (χ1v) is 5.48. The molecule has 0 saturated carbocycles. The van der Waals surface area contributed by atoms with Crippen LogP contribution in [0, 0.1) is 0 Å². The van der Waals surface area contributed by atoms with E-state index in [1.54, 1.807) is 7.05 Å². The fraction of sp³-hybridized carbons (Fsp3) is 0.545. The zero-order valence-electron chi connectivity index (χ0n) is 9.46. The second-order valence-corrected chi connectivity index (χ2v) is 4.08. The smallest absolute Gasteiger partial charge is 0.264 e. The summed E-state index contributed by atoms with van der Waals surface area (Å²) in [5.41, 5.74) is 2.93. The minimum atomic E-state index is -4.33. The number of hydrogen-bond acceptors (Lipinski definition) is 3. The number of rotatable bonds is 2. The van der Waals surface area contributed by atoms with Crippen molar-refractivity contribution in [3.05, 3.63) is 29.6 Å². The van der Waals surface area contributed by atoms with Crippen LogP contribution in [-0.4, -0.2) is 23.6 Å². The molecule has 0 bridgehead atoms. The Morgan fingerprint density at radius 3 is 2.82 bits per heavy atom. The molecule has 1 aliphatic rings. The molecule has 1 atom stereocenters. The van der Waals surface area contributed by atoms with Gasteiger partial charge in [0.25, 0.3) is 0 Å². The summed E-state index contributed by atoms with van der Waals surface area (Å²) in [7, 11) is 1.78. The SMILES string of the molecule is CNN1CCC[C@H]1c1cncc(C(F)(F)F)c1. The maximum atomic E-state index is 12.6. The number of halogens is 3. The Hall–Kier alpha value is -1.14. The highest BCUT2D eigenvalue weighted by Crippen LogP contribution is 2.34. The lowest BCUT2D eigenvalue weighted by Crippen LogP contribution is -2.34. The van der Waals surface area contributed by atoms with Gasteiger partial charge in [-0.05, 0) is 31.5 Å². The van der Waals surface area contributed by atoms with Crippen molar-refractivity contribution in [3.8, 4) is 0 Å². The maximum absolute atomic E-state index is 12.6. The topological polar surface area (TPSA) is 28.2 Å². The fourth-order valence-corrected chi connectivity index (χ4v) is 2.18. The van der Waals surface area contributed by atoms with Crippen LogP contribution in [0.3, 0.4) is 0 Å².